The highest BCUT2D eigenvalue weighted by Crippen LogP contribution is 2.26. The highest BCUT2D eigenvalue weighted by atomic mass is 16.5. The fourth-order valence-electron chi connectivity index (χ4n) is 2.98. The molecule has 5 nitrogen and oxygen atoms in total. The lowest BCUT2D eigenvalue weighted by atomic mass is 9.97. The van der Waals surface area contributed by atoms with Crippen molar-refractivity contribution in [2.24, 2.45) is 0 Å². The molecule has 5 heteroatoms. The molecule has 1 heterocycles. The molecule has 0 aliphatic carbocycles. The van der Waals surface area contributed by atoms with Crippen LogP contribution >= 0.6 is 0 Å². The Hall–Kier alpha value is -3.18. The Morgan fingerprint density at radius 3 is 2.62 bits per heavy atom. The zero-order chi connectivity index (χ0) is 20.5. The number of aliphatic hydroxyl groups is 1. The van der Waals surface area contributed by atoms with Crippen molar-refractivity contribution >= 4 is 6.08 Å². The van der Waals surface area contributed by atoms with Crippen LogP contribution in [0.2, 0.25) is 0 Å². The van der Waals surface area contributed by atoms with E-state index < -0.39 is 0 Å². The predicted octanol–water partition coefficient (Wildman–Crippen LogP) is 4.83. The summed E-state index contributed by atoms with van der Waals surface area (Å²) in [4.78, 5) is 8.63. The predicted molar refractivity (Wildman–Crippen MR) is 115 cm³/mol. The number of nitrogens with zero attached hydrogens (tertiary/aromatic N) is 2. The van der Waals surface area contributed by atoms with Gasteiger partial charge in [0.05, 0.1) is 12.2 Å². The SMILES string of the molecule is C=Cc1cnc(OCc2cccc(-c3ccccc3)c2C)nc1OCCCCO. The Bertz CT molecular complexity index is 942. The first-order valence-electron chi connectivity index (χ1n) is 9.72. The van der Waals surface area contributed by atoms with Crippen LogP contribution in [-0.4, -0.2) is 28.3 Å². The number of unbranched alkanes of at least 4 members (excludes halogenated alkanes) is 1. The van der Waals surface area contributed by atoms with Crippen LogP contribution in [0.15, 0.2) is 61.3 Å². The molecule has 0 radical (unpaired) electrons. The van der Waals surface area contributed by atoms with Gasteiger partial charge in [-0.2, -0.15) is 4.98 Å². The first-order valence-corrected chi connectivity index (χ1v) is 9.72. The lowest BCUT2D eigenvalue weighted by Gasteiger charge is -2.13. The molecule has 3 aromatic rings. The molecule has 0 amide bonds. The van der Waals surface area contributed by atoms with Gasteiger partial charge in [-0.1, -0.05) is 61.2 Å². The van der Waals surface area contributed by atoms with Crippen molar-refractivity contribution < 1.29 is 14.6 Å². The maximum atomic E-state index is 8.88. The second-order valence-corrected chi connectivity index (χ2v) is 6.64. The van der Waals surface area contributed by atoms with Gasteiger partial charge in [0.1, 0.15) is 6.61 Å². The van der Waals surface area contributed by atoms with E-state index in [1.165, 1.54) is 16.7 Å². The summed E-state index contributed by atoms with van der Waals surface area (Å²) in [7, 11) is 0. The van der Waals surface area contributed by atoms with E-state index in [9.17, 15) is 0 Å². The van der Waals surface area contributed by atoms with Gasteiger partial charge in [0.15, 0.2) is 0 Å². The molecule has 0 unspecified atom stereocenters. The smallest absolute Gasteiger partial charge is 0.320 e. The monoisotopic (exact) mass is 390 g/mol. The van der Waals surface area contributed by atoms with Crippen molar-refractivity contribution in [3.63, 3.8) is 0 Å². The Morgan fingerprint density at radius 2 is 1.86 bits per heavy atom. The van der Waals surface area contributed by atoms with Crippen LogP contribution in [0.1, 0.15) is 29.5 Å². The molecule has 3 rings (SSSR count). The third-order valence-corrected chi connectivity index (χ3v) is 4.66. The highest BCUT2D eigenvalue weighted by Gasteiger charge is 2.10. The van der Waals surface area contributed by atoms with Crippen LogP contribution in [0.5, 0.6) is 11.9 Å². The van der Waals surface area contributed by atoms with E-state index in [2.05, 4.69) is 41.7 Å². The van der Waals surface area contributed by atoms with Crippen LogP contribution in [0.3, 0.4) is 0 Å². The van der Waals surface area contributed by atoms with Gasteiger partial charge >= 0.3 is 6.01 Å². The third-order valence-electron chi connectivity index (χ3n) is 4.66. The van der Waals surface area contributed by atoms with Gasteiger partial charge in [-0.25, -0.2) is 4.98 Å². The Morgan fingerprint density at radius 1 is 1.03 bits per heavy atom. The first-order chi connectivity index (χ1) is 14.2. The van der Waals surface area contributed by atoms with Gasteiger partial charge in [-0.3, -0.25) is 0 Å². The molecule has 0 atom stereocenters. The Balaban J connectivity index is 1.72. The van der Waals surface area contributed by atoms with Crippen molar-refractivity contribution in [2.75, 3.05) is 13.2 Å². The van der Waals surface area contributed by atoms with Gasteiger partial charge in [0.25, 0.3) is 0 Å². The number of ether oxygens (including phenoxy) is 2. The Labute approximate surface area is 171 Å². The summed E-state index contributed by atoms with van der Waals surface area (Å²) in [5.74, 6) is 0.442. The summed E-state index contributed by atoms with van der Waals surface area (Å²) >= 11 is 0. The fourth-order valence-corrected chi connectivity index (χ4v) is 2.98. The molecule has 0 bridgehead atoms. The molecule has 2 aromatic carbocycles. The zero-order valence-electron chi connectivity index (χ0n) is 16.7. The van der Waals surface area contributed by atoms with E-state index in [1.807, 2.05) is 30.3 Å². The lowest BCUT2D eigenvalue weighted by Crippen LogP contribution is -2.06. The Kier molecular flexibility index (Phi) is 7.36. The van der Waals surface area contributed by atoms with Gasteiger partial charge in [-0.15, -0.1) is 0 Å². The molecule has 0 fully saturated rings. The van der Waals surface area contributed by atoms with E-state index in [1.54, 1.807) is 12.3 Å². The molecule has 1 aromatic heterocycles. The number of benzene rings is 2. The second kappa shape index (κ2) is 10.4. The maximum absolute atomic E-state index is 8.88. The van der Waals surface area contributed by atoms with Crippen molar-refractivity contribution in [3.05, 3.63) is 78.0 Å². The van der Waals surface area contributed by atoms with Gasteiger partial charge in [-0.05, 0) is 42.0 Å². The average molecular weight is 390 g/mol. The first kappa shape index (κ1) is 20.6. The van der Waals surface area contributed by atoms with Crippen LogP contribution in [-0.2, 0) is 6.61 Å². The molecule has 29 heavy (non-hydrogen) atoms. The third kappa shape index (κ3) is 5.42. The summed E-state index contributed by atoms with van der Waals surface area (Å²) < 4.78 is 11.6. The van der Waals surface area contributed by atoms with Gasteiger partial charge < -0.3 is 14.6 Å². The molecule has 0 saturated heterocycles. The minimum absolute atomic E-state index is 0.150. The zero-order valence-corrected chi connectivity index (χ0v) is 16.7. The number of aromatic nitrogens is 2. The van der Waals surface area contributed by atoms with E-state index in [0.29, 0.717) is 31.1 Å². The summed E-state index contributed by atoms with van der Waals surface area (Å²) in [6.07, 6.45) is 4.73. The molecule has 0 aliphatic rings. The average Bonchev–Trinajstić information content (AvgIpc) is 2.77. The molecule has 1 N–H and O–H groups in total. The summed E-state index contributed by atoms with van der Waals surface area (Å²) in [5, 5.41) is 8.88. The largest absolute Gasteiger partial charge is 0.477 e. The van der Waals surface area contributed by atoms with Crippen LogP contribution in [0.25, 0.3) is 17.2 Å². The standard InChI is InChI=1S/C24H26N2O3/c1-3-19-16-25-24(26-23(19)28-15-8-7-14-27)29-17-21-12-9-13-22(18(21)2)20-10-5-4-6-11-20/h3-6,9-13,16,27H,1,7-8,14-15,17H2,2H3. The maximum Gasteiger partial charge on any atom is 0.320 e. The minimum atomic E-state index is 0.150. The lowest BCUT2D eigenvalue weighted by molar-refractivity contribution is 0.240. The van der Waals surface area contributed by atoms with Crippen LogP contribution in [0, 0.1) is 6.92 Å². The minimum Gasteiger partial charge on any atom is -0.477 e. The van der Waals surface area contributed by atoms with Gasteiger partial charge in [0.2, 0.25) is 5.88 Å². The van der Waals surface area contributed by atoms with E-state index in [4.69, 9.17) is 14.6 Å². The number of aliphatic hydroxyl groups excluding tert-OH is 1. The highest BCUT2D eigenvalue weighted by molar-refractivity contribution is 5.68. The molecular weight excluding hydrogens is 364 g/mol. The number of hydrogen-bond acceptors (Lipinski definition) is 5. The summed E-state index contributed by atoms with van der Waals surface area (Å²) in [6.45, 7) is 6.85. The van der Waals surface area contributed by atoms with Crippen molar-refractivity contribution in [3.8, 4) is 23.0 Å². The van der Waals surface area contributed by atoms with Crippen LogP contribution in [0.4, 0.5) is 0 Å². The quantitative estimate of drug-likeness (QED) is 0.503. The molecule has 0 aliphatic heterocycles. The molecular formula is C24H26N2O3. The number of hydrogen-bond donors (Lipinski definition) is 1. The number of rotatable bonds is 10. The molecule has 150 valence electrons. The molecule has 0 saturated carbocycles. The fraction of sp³-hybridized carbons (Fsp3) is 0.250. The topological polar surface area (TPSA) is 64.5 Å². The van der Waals surface area contributed by atoms with E-state index >= 15 is 0 Å². The van der Waals surface area contributed by atoms with Crippen LogP contribution < -0.4 is 9.47 Å². The summed E-state index contributed by atoms with van der Waals surface area (Å²) in [5.41, 5.74) is 5.32. The molecule has 0 spiro atoms. The van der Waals surface area contributed by atoms with E-state index in [0.717, 1.165) is 12.0 Å². The van der Waals surface area contributed by atoms with Crippen molar-refractivity contribution in [1.29, 1.82) is 0 Å². The normalized spacial score (nSPS) is 10.6. The van der Waals surface area contributed by atoms with Gasteiger partial charge in [0, 0.05) is 12.8 Å². The second-order valence-electron chi connectivity index (χ2n) is 6.64. The van der Waals surface area contributed by atoms with Crippen molar-refractivity contribution in [1.82, 2.24) is 9.97 Å². The summed E-state index contributed by atoms with van der Waals surface area (Å²) in [6, 6.07) is 16.7. The van der Waals surface area contributed by atoms with E-state index in [-0.39, 0.29) is 12.6 Å². The van der Waals surface area contributed by atoms with Crippen molar-refractivity contribution in [2.45, 2.75) is 26.4 Å².